The van der Waals surface area contributed by atoms with Gasteiger partial charge in [-0.2, -0.15) is 0 Å². The quantitative estimate of drug-likeness (QED) is 0.763. The van der Waals surface area contributed by atoms with E-state index in [1.807, 2.05) is 35.7 Å². The molecule has 2 rings (SSSR count). The van der Waals surface area contributed by atoms with Crippen molar-refractivity contribution in [2.45, 2.75) is 0 Å². The Morgan fingerprint density at radius 1 is 1.08 bits per heavy atom. The topological polar surface area (TPSA) is 26.0 Å². The van der Waals surface area contributed by atoms with Gasteiger partial charge < -0.3 is 5.73 Å². The van der Waals surface area contributed by atoms with Gasteiger partial charge in [0.1, 0.15) is 0 Å². The number of benzene rings is 1. The third kappa shape index (κ3) is 1.85. The molecule has 0 saturated heterocycles. The van der Waals surface area contributed by atoms with Crippen LogP contribution in [-0.2, 0) is 0 Å². The molecule has 0 aliphatic rings. The maximum absolute atomic E-state index is 5.78. The van der Waals surface area contributed by atoms with Crippen LogP contribution in [0.4, 0.5) is 5.00 Å². The Bertz CT molecular complexity index is 405. The molecule has 0 aliphatic heterocycles. The minimum Gasteiger partial charge on any atom is -0.391 e. The summed E-state index contributed by atoms with van der Waals surface area (Å²) in [6, 6.07) is 9.71. The van der Waals surface area contributed by atoms with Gasteiger partial charge in [0.15, 0.2) is 0 Å². The van der Waals surface area contributed by atoms with Gasteiger partial charge in [-0.25, -0.2) is 0 Å². The SMILES string of the molecule is Nc1cc(-c2ccc(Cl)cc2)cs1. The molecule has 0 aliphatic carbocycles. The van der Waals surface area contributed by atoms with Crippen LogP contribution in [0.2, 0.25) is 5.02 Å². The summed E-state index contributed by atoms with van der Waals surface area (Å²) >= 11 is 7.33. The van der Waals surface area contributed by atoms with Crippen LogP contribution >= 0.6 is 22.9 Å². The number of rotatable bonds is 1. The van der Waals surface area contributed by atoms with Crippen molar-refractivity contribution in [2.24, 2.45) is 0 Å². The molecule has 66 valence electrons. The Labute approximate surface area is 85.8 Å². The largest absolute Gasteiger partial charge is 0.391 e. The van der Waals surface area contributed by atoms with Crippen molar-refractivity contribution >= 4 is 27.9 Å². The molecular formula is C10H8ClNS. The second kappa shape index (κ2) is 3.40. The lowest BCUT2D eigenvalue weighted by Gasteiger charge is -1.96. The number of anilines is 1. The summed E-state index contributed by atoms with van der Waals surface area (Å²) in [5, 5.41) is 3.63. The monoisotopic (exact) mass is 209 g/mol. The highest BCUT2D eigenvalue weighted by molar-refractivity contribution is 7.14. The number of nitrogens with two attached hydrogens (primary N) is 1. The van der Waals surface area contributed by atoms with Gasteiger partial charge in [0, 0.05) is 10.4 Å². The summed E-state index contributed by atoms with van der Waals surface area (Å²) in [5.74, 6) is 0. The third-order valence-corrected chi connectivity index (χ3v) is 2.81. The summed E-state index contributed by atoms with van der Waals surface area (Å²) in [4.78, 5) is 0. The fourth-order valence-electron chi connectivity index (χ4n) is 1.15. The highest BCUT2D eigenvalue weighted by Crippen LogP contribution is 2.27. The van der Waals surface area contributed by atoms with Crippen molar-refractivity contribution < 1.29 is 0 Å². The van der Waals surface area contributed by atoms with Gasteiger partial charge in [0.2, 0.25) is 0 Å². The van der Waals surface area contributed by atoms with Gasteiger partial charge in [-0.05, 0) is 29.3 Å². The standard InChI is InChI=1S/C10H8ClNS/c11-9-3-1-7(2-4-9)8-5-10(12)13-6-8/h1-6H,12H2. The summed E-state index contributed by atoms with van der Waals surface area (Å²) in [6.45, 7) is 0. The van der Waals surface area contributed by atoms with E-state index in [0.717, 1.165) is 21.2 Å². The molecule has 0 atom stereocenters. The van der Waals surface area contributed by atoms with Crippen LogP contribution < -0.4 is 5.73 Å². The molecule has 2 aromatic rings. The molecule has 0 radical (unpaired) electrons. The van der Waals surface area contributed by atoms with Crippen LogP contribution in [0.3, 0.4) is 0 Å². The first-order chi connectivity index (χ1) is 6.25. The molecule has 3 heteroatoms. The fourth-order valence-corrected chi connectivity index (χ4v) is 1.93. The summed E-state index contributed by atoms with van der Waals surface area (Å²) in [7, 11) is 0. The first kappa shape index (κ1) is 8.60. The molecule has 0 fully saturated rings. The van der Waals surface area contributed by atoms with Crippen molar-refractivity contribution in [3.05, 3.63) is 40.7 Å². The molecule has 1 nitrogen and oxygen atoms in total. The molecule has 13 heavy (non-hydrogen) atoms. The predicted molar refractivity (Wildman–Crippen MR) is 59.2 cm³/mol. The van der Waals surface area contributed by atoms with Crippen LogP contribution in [0.1, 0.15) is 0 Å². The number of halogens is 1. The Balaban J connectivity index is 2.41. The number of hydrogen-bond acceptors (Lipinski definition) is 2. The van der Waals surface area contributed by atoms with E-state index in [2.05, 4.69) is 0 Å². The molecule has 0 unspecified atom stereocenters. The molecular weight excluding hydrogens is 202 g/mol. The fraction of sp³-hybridized carbons (Fsp3) is 0. The van der Waals surface area contributed by atoms with E-state index < -0.39 is 0 Å². The molecule has 2 N–H and O–H groups in total. The number of hydrogen-bond donors (Lipinski definition) is 1. The Morgan fingerprint density at radius 3 is 2.31 bits per heavy atom. The smallest absolute Gasteiger partial charge is 0.0862 e. The van der Waals surface area contributed by atoms with Gasteiger partial charge in [-0.3, -0.25) is 0 Å². The second-order valence-electron chi connectivity index (χ2n) is 2.74. The minimum absolute atomic E-state index is 0.756. The summed E-state index contributed by atoms with van der Waals surface area (Å²) in [6.07, 6.45) is 0. The van der Waals surface area contributed by atoms with Gasteiger partial charge in [-0.15, -0.1) is 11.3 Å². The second-order valence-corrected chi connectivity index (χ2v) is 4.12. The molecule has 0 saturated carbocycles. The van der Waals surface area contributed by atoms with Gasteiger partial charge in [-0.1, -0.05) is 23.7 Å². The molecule has 0 spiro atoms. The van der Waals surface area contributed by atoms with Crippen molar-refractivity contribution in [2.75, 3.05) is 5.73 Å². The normalized spacial score (nSPS) is 10.2. The predicted octanol–water partition coefficient (Wildman–Crippen LogP) is 3.65. The van der Waals surface area contributed by atoms with Gasteiger partial charge in [0.05, 0.1) is 5.00 Å². The van der Waals surface area contributed by atoms with E-state index in [4.69, 9.17) is 17.3 Å². The summed E-state index contributed by atoms with van der Waals surface area (Å²) < 4.78 is 0. The van der Waals surface area contributed by atoms with Crippen LogP contribution in [0, 0.1) is 0 Å². The summed E-state index contributed by atoms with van der Waals surface area (Å²) in [5.41, 5.74) is 7.94. The van der Waals surface area contributed by atoms with Crippen molar-refractivity contribution in [1.29, 1.82) is 0 Å². The first-order valence-corrected chi connectivity index (χ1v) is 5.11. The lowest BCUT2D eigenvalue weighted by atomic mass is 10.1. The average molecular weight is 210 g/mol. The van der Waals surface area contributed by atoms with Gasteiger partial charge in [0.25, 0.3) is 0 Å². The van der Waals surface area contributed by atoms with Crippen LogP contribution in [0.5, 0.6) is 0 Å². The number of thiophene rings is 1. The highest BCUT2D eigenvalue weighted by atomic mass is 35.5. The zero-order valence-electron chi connectivity index (χ0n) is 6.83. The third-order valence-electron chi connectivity index (χ3n) is 1.80. The molecule has 1 heterocycles. The van der Waals surface area contributed by atoms with E-state index in [9.17, 15) is 0 Å². The van der Waals surface area contributed by atoms with Crippen LogP contribution in [-0.4, -0.2) is 0 Å². The van der Waals surface area contributed by atoms with Crippen molar-refractivity contribution in [3.63, 3.8) is 0 Å². The molecule has 0 amide bonds. The molecule has 1 aromatic heterocycles. The zero-order chi connectivity index (χ0) is 9.26. The lowest BCUT2D eigenvalue weighted by molar-refractivity contribution is 1.67. The van der Waals surface area contributed by atoms with Crippen LogP contribution in [0.15, 0.2) is 35.7 Å². The Morgan fingerprint density at radius 2 is 1.77 bits per heavy atom. The van der Waals surface area contributed by atoms with Gasteiger partial charge >= 0.3 is 0 Å². The minimum atomic E-state index is 0.756. The van der Waals surface area contributed by atoms with E-state index in [-0.39, 0.29) is 0 Å². The zero-order valence-corrected chi connectivity index (χ0v) is 8.40. The van der Waals surface area contributed by atoms with E-state index in [1.165, 1.54) is 0 Å². The van der Waals surface area contributed by atoms with E-state index >= 15 is 0 Å². The Hall–Kier alpha value is -0.990. The van der Waals surface area contributed by atoms with Crippen molar-refractivity contribution in [3.8, 4) is 11.1 Å². The maximum Gasteiger partial charge on any atom is 0.0862 e. The van der Waals surface area contributed by atoms with Crippen LogP contribution in [0.25, 0.3) is 11.1 Å². The van der Waals surface area contributed by atoms with E-state index in [0.29, 0.717) is 0 Å². The average Bonchev–Trinajstić information content (AvgIpc) is 2.53. The van der Waals surface area contributed by atoms with Crippen molar-refractivity contribution in [1.82, 2.24) is 0 Å². The highest BCUT2D eigenvalue weighted by Gasteiger charge is 1.99. The molecule has 1 aromatic carbocycles. The lowest BCUT2D eigenvalue weighted by Crippen LogP contribution is -1.75. The Kier molecular flexibility index (Phi) is 2.25. The van der Waals surface area contributed by atoms with E-state index in [1.54, 1.807) is 11.3 Å². The molecule has 0 bridgehead atoms. The maximum atomic E-state index is 5.78. The number of nitrogen functional groups attached to an aromatic ring is 1. The first-order valence-electron chi connectivity index (χ1n) is 3.85.